The number of alkyl halides is 2. The molecule has 0 aliphatic rings. The highest BCUT2D eigenvalue weighted by molar-refractivity contribution is 4.65. The molecule has 0 amide bonds. The molecule has 0 unspecified atom stereocenters. The van der Waals surface area contributed by atoms with Crippen molar-refractivity contribution in [3.63, 3.8) is 0 Å². The van der Waals surface area contributed by atoms with Crippen LogP contribution in [0.5, 0.6) is 0 Å². The number of hydrogen-bond acceptors (Lipinski definition) is 1. The van der Waals surface area contributed by atoms with Crippen LogP contribution in [0.25, 0.3) is 0 Å². The summed E-state index contributed by atoms with van der Waals surface area (Å²) in [7, 11) is 0. The Morgan fingerprint density at radius 1 is 1.25 bits per heavy atom. The van der Waals surface area contributed by atoms with Gasteiger partial charge in [-0.3, -0.25) is 0 Å². The second-order valence-electron chi connectivity index (χ2n) is 1.29. The van der Waals surface area contributed by atoms with Gasteiger partial charge in [0.1, 0.15) is 8.86 Å². The van der Waals surface area contributed by atoms with Crippen LogP contribution in [-0.4, -0.2) is 8.86 Å². The molecule has 1 nitrogen and oxygen atoms in total. The van der Waals surface area contributed by atoms with Gasteiger partial charge in [0.25, 0.3) is 0 Å². The van der Waals surface area contributed by atoms with Gasteiger partial charge in [-0.15, -0.1) is 0 Å². The Balaban J connectivity index is 3.16. The van der Waals surface area contributed by atoms with E-state index in [-0.39, 0.29) is 0 Å². The molecule has 0 aliphatic carbocycles. The first-order valence-electron chi connectivity index (χ1n) is 2.32. The third kappa shape index (κ3) is 4.33. The molecule has 2 heteroatoms. The fraction of sp³-hybridized carbons (Fsp3) is 0.333. The fourth-order valence-corrected chi connectivity index (χ4v) is 2.06. The quantitative estimate of drug-likeness (QED) is 0.289. The Morgan fingerprint density at radius 2 is 1.62 bits per heavy atom. The third-order valence-electron chi connectivity index (χ3n) is 0.562. The van der Waals surface area contributed by atoms with E-state index in [9.17, 15) is 3.44 Å². The van der Waals surface area contributed by atoms with E-state index in [1.54, 1.807) is 12.2 Å². The molecule has 0 fully saturated rings. The van der Waals surface area contributed by atoms with Gasteiger partial charge in [0.05, 0.1) is 0 Å². The lowest BCUT2D eigenvalue weighted by Crippen LogP contribution is -3.93. The van der Waals surface area contributed by atoms with Crippen molar-refractivity contribution < 1.29 is 23.7 Å². The Morgan fingerprint density at radius 3 is 1.88 bits per heavy atom. The molecular formula is C6H10IO. The second-order valence-corrected chi connectivity index (χ2v) is 5.38. The van der Waals surface area contributed by atoms with Gasteiger partial charge in [0, 0.05) is 20.2 Å². The highest BCUT2D eigenvalue weighted by atomic mass is 127. The van der Waals surface area contributed by atoms with Crippen molar-refractivity contribution in [3.8, 4) is 0 Å². The first-order valence-corrected chi connectivity index (χ1v) is 6.25. The minimum absolute atomic E-state index is 0.704. The highest BCUT2D eigenvalue weighted by Crippen LogP contribution is 1.43. The van der Waals surface area contributed by atoms with Crippen LogP contribution in [0.15, 0.2) is 25.3 Å². The lowest BCUT2D eigenvalue weighted by molar-refractivity contribution is -1.29. The van der Waals surface area contributed by atoms with E-state index in [0.29, 0.717) is 8.86 Å². The summed E-state index contributed by atoms with van der Waals surface area (Å²) in [5, 5.41) is 0. The molecular weight excluding hydrogens is 215 g/mol. The summed E-state index contributed by atoms with van der Waals surface area (Å²) in [5.41, 5.74) is 0. The van der Waals surface area contributed by atoms with Gasteiger partial charge < -0.3 is 3.44 Å². The third-order valence-corrected chi connectivity index (χ3v) is 3.77. The van der Waals surface area contributed by atoms with Crippen molar-refractivity contribution >= 4 is 0 Å². The summed E-state index contributed by atoms with van der Waals surface area (Å²) < 4.78 is 12.1. The predicted molar refractivity (Wildman–Crippen MR) is 30.1 cm³/mol. The highest BCUT2D eigenvalue weighted by Gasteiger charge is 1.97. The number of allylic oxidation sites excluding steroid dienone is 2. The van der Waals surface area contributed by atoms with Gasteiger partial charge >= 0.3 is 0 Å². The van der Waals surface area contributed by atoms with E-state index in [0.717, 1.165) is 0 Å². The van der Waals surface area contributed by atoms with Crippen molar-refractivity contribution in [2.24, 2.45) is 0 Å². The van der Waals surface area contributed by atoms with Gasteiger partial charge in [0.2, 0.25) is 0 Å². The van der Waals surface area contributed by atoms with E-state index < -0.39 is 20.2 Å². The first kappa shape index (κ1) is 8.17. The Kier molecular flexibility index (Phi) is 5.42. The molecule has 8 heavy (non-hydrogen) atoms. The van der Waals surface area contributed by atoms with Crippen molar-refractivity contribution in [2.45, 2.75) is 0 Å². The second kappa shape index (κ2) is 5.31. The zero-order valence-electron chi connectivity index (χ0n) is 4.77. The first-order chi connectivity index (χ1) is 3.81. The van der Waals surface area contributed by atoms with Gasteiger partial charge in [-0.1, -0.05) is 13.2 Å². The van der Waals surface area contributed by atoms with Crippen LogP contribution >= 0.6 is 0 Å². The maximum atomic E-state index is 10.7. The minimum atomic E-state index is -1.84. The number of halogens is 1. The van der Waals surface area contributed by atoms with E-state index >= 15 is 0 Å². The van der Waals surface area contributed by atoms with Gasteiger partial charge in [-0.2, -0.15) is 0 Å². The molecule has 0 N–H and O–H groups in total. The van der Waals surface area contributed by atoms with Gasteiger partial charge in [-0.25, -0.2) is 0 Å². The zero-order valence-corrected chi connectivity index (χ0v) is 6.93. The standard InChI is InChI=1S/C6H10IO/c1-3-5-7(8)6-4-2/h3-4H,1-2,5-6H2. The fourth-order valence-electron chi connectivity index (χ4n) is 0.306. The van der Waals surface area contributed by atoms with Crippen molar-refractivity contribution in [1.29, 1.82) is 0 Å². The van der Waals surface area contributed by atoms with E-state index in [1.165, 1.54) is 0 Å². The molecule has 0 aromatic rings. The van der Waals surface area contributed by atoms with E-state index in [2.05, 4.69) is 13.2 Å². The topological polar surface area (TPSA) is 23.1 Å². The monoisotopic (exact) mass is 225 g/mol. The lowest BCUT2D eigenvalue weighted by Gasteiger charge is -2.01. The molecule has 0 aromatic carbocycles. The molecule has 0 aromatic heterocycles. The summed E-state index contributed by atoms with van der Waals surface area (Å²) in [5.74, 6) is 0. The average Bonchev–Trinajstić information content (AvgIpc) is 1.68. The largest absolute Gasteiger partial charge is 0.632 e. The summed E-state index contributed by atoms with van der Waals surface area (Å²) in [6, 6.07) is 0. The van der Waals surface area contributed by atoms with Crippen LogP contribution in [0.3, 0.4) is 0 Å². The predicted octanol–water partition coefficient (Wildman–Crippen LogP) is -2.74. The summed E-state index contributed by atoms with van der Waals surface area (Å²) in [6.45, 7) is 6.98. The maximum absolute atomic E-state index is 10.7. The number of hydrogen-bond donors (Lipinski definition) is 0. The van der Waals surface area contributed by atoms with Crippen LogP contribution in [-0.2, 0) is 0 Å². The Hall–Kier alpha value is 0.170. The molecule has 1 radical (unpaired) electrons. The van der Waals surface area contributed by atoms with Crippen LogP contribution in [0.2, 0.25) is 0 Å². The van der Waals surface area contributed by atoms with E-state index in [1.807, 2.05) is 0 Å². The molecule has 0 spiro atoms. The molecule has 0 aliphatic heterocycles. The van der Waals surface area contributed by atoms with E-state index in [4.69, 9.17) is 0 Å². The maximum Gasteiger partial charge on any atom is 0.119 e. The lowest BCUT2D eigenvalue weighted by atomic mass is 10.8. The molecule has 0 heterocycles. The van der Waals surface area contributed by atoms with Crippen molar-refractivity contribution in [3.05, 3.63) is 25.3 Å². The zero-order chi connectivity index (χ0) is 6.41. The summed E-state index contributed by atoms with van der Waals surface area (Å²) in [6.07, 6.45) is 3.42. The molecule has 0 atom stereocenters. The van der Waals surface area contributed by atoms with Crippen molar-refractivity contribution in [2.75, 3.05) is 8.86 Å². The Bertz CT molecular complexity index is 70.6. The van der Waals surface area contributed by atoms with Crippen LogP contribution in [0, 0.1) is 0 Å². The molecule has 0 bridgehead atoms. The van der Waals surface area contributed by atoms with Gasteiger partial charge in [-0.05, 0) is 12.2 Å². The average molecular weight is 225 g/mol. The van der Waals surface area contributed by atoms with Crippen molar-refractivity contribution in [1.82, 2.24) is 0 Å². The molecule has 47 valence electrons. The smallest absolute Gasteiger partial charge is 0.119 e. The van der Waals surface area contributed by atoms with Crippen LogP contribution in [0.4, 0.5) is 0 Å². The normalized spacial score (nSPS) is 9.25. The Labute approximate surface area is 58.0 Å². The SMILES string of the molecule is C=CC[I+]([O-])CC=C. The number of rotatable bonds is 4. The van der Waals surface area contributed by atoms with Gasteiger partial charge in [0.15, 0.2) is 0 Å². The summed E-state index contributed by atoms with van der Waals surface area (Å²) in [4.78, 5) is 0. The molecule has 0 saturated heterocycles. The molecule has 0 rings (SSSR count). The minimum Gasteiger partial charge on any atom is -0.632 e. The van der Waals surface area contributed by atoms with Crippen LogP contribution < -0.4 is 23.7 Å². The van der Waals surface area contributed by atoms with Crippen LogP contribution in [0.1, 0.15) is 0 Å². The summed E-state index contributed by atoms with van der Waals surface area (Å²) >= 11 is -1.84. The molecule has 0 saturated carbocycles.